The number of unbranched alkanes of at least 4 members (excludes halogenated alkanes) is 1. The fourth-order valence-electron chi connectivity index (χ4n) is 6.19. The van der Waals surface area contributed by atoms with E-state index in [4.69, 9.17) is 9.47 Å². The minimum atomic E-state index is -0.490. The van der Waals surface area contributed by atoms with Gasteiger partial charge in [-0.2, -0.15) is 0 Å². The number of hydrogen-bond acceptors (Lipinski definition) is 7. The van der Waals surface area contributed by atoms with Crippen LogP contribution in [0.5, 0.6) is 0 Å². The van der Waals surface area contributed by atoms with Gasteiger partial charge in [-0.25, -0.2) is 4.79 Å². The number of likely N-dealkylation sites (N-methyl/N-ethyl adjacent to an activating group) is 1. The second kappa shape index (κ2) is 11.5. The molecule has 4 fully saturated rings. The van der Waals surface area contributed by atoms with Crippen molar-refractivity contribution < 1.29 is 23.9 Å². The molecule has 1 aliphatic carbocycles. The SMILES string of the molecule is CCCCN(C(=O)NCC(=O)N1CCN(C)CC1)C(=O)[C@@H]1C[C@@H]2CC3(CC[C@H]2N(C)C1)OCCO3. The van der Waals surface area contributed by atoms with E-state index in [9.17, 15) is 14.4 Å². The number of nitrogens with zero attached hydrogens (tertiary/aromatic N) is 4. The summed E-state index contributed by atoms with van der Waals surface area (Å²) in [7, 11) is 4.11. The van der Waals surface area contributed by atoms with Crippen LogP contribution < -0.4 is 5.32 Å². The van der Waals surface area contributed by atoms with Crippen molar-refractivity contribution in [3.8, 4) is 0 Å². The Morgan fingerprint density at radius 1 is 1.09 bits per heavy atom. The maximum absolute atomic E-state index is 13.6. The lowest BCUT2D eigenvalue weighted by atomic mass is 9.72. The second-order valence-corrected chi connectivity index (χ2v) is 10.7. The van der Waals surface area contributed by atoms with Crippen molar-refractivity contribution in [1.82, 2.24) is 24.9 Å². The van der Waals surface area contributed by atoms with Crippen LogP contribution in [0.1, 0.15) is 45.4 Å². The molecule has 4 rings (SSSR count). The van der Waals surface area contributed by atoms with E-state index in [-0.39, 0.29) is 24.3 Å². The average molecular weight is 494 g/mol. The highest BCUT2D eigenvalue weighted by Gasteiger charge is 2.49. The van der Waals surface area contributed by atoms with Crippen LogP contribution in [-0.4, -0.2) is 122 Å². The summed E-state index contributed by atoms with van der Waals surface area (Å²) in [6.07, 6.45) is 5.04. The molecule has 1 spiro atoms. The molecule has 0 aromatic rings. The van der Waals surface area contributed by atoms with Crippen LogP contribution in [0.3, 0.4) is 0 Å². The molecule has 3 aliphatic heterocycles. The maximum atomic E-state index is 13.6. The van der Waals surface area contributed by atoms with Crippen LogP contribution in [-0.2, 0) is 19.1 Å². The quantitative estimate of drug-likeness (QED) is 0.589. The topological polar surface area (TPSA) is 94.7 Å². The molecule has 3 heterocycles. The number of fused-ring (bicyclic) bond motifs is 1. The second-order valence-electron chi connectivity index (χ2n) is 10.7. The van der Waals surface area contributed by atoms with Gasteiger partial charge in [0, 0.05) is 58.2 Å². The Labute approximate surface area is 209 Å². The van der Waals surface area contributed by atoms with Crippen molar-refractivity contribution in [3.63, 3.8) is 0 Å². The van der Waals surface area contributed by atoms with Crippen molar-refractivity contribution in [2.24, 2.45) is 11.8 Å². The Hall–Kier alpha value is -1.75. The monoisotopic (exact) mass is 493 g/mol. The summed E-state index contributed by atoms with van der Waals surface area (Å²) in [4.78, 5) is 46.9. The number of nitrogens with one attached hydrogen (secondary N) is 1. The fourth-order valence-corrected chi connectivity index (χ4v) is 6.19. The molecule has 4 amide bonds. The predicted octanol–water partition coefficient (Wildman–Crippen LogP) is 0.962. The van der Waals surface area contributed by atoms with E-state index >= 15 is 0 Å². The number of ether oxygens (including phenoxy) is 2. The largest absolute Gasteiger partial charge is 0.348 e. The molecule has 3 saturated heterocycles. The van der Waals surface area contributed by atoms with Gasteiger partial charge >= 0.3 is 6.03 Å². The Bertz CT molecular complexity index is 765. The molecule has 0 aromatic carbocycles. The van der Waals surface area contributed by atoms with Gasteiger partial charge in [0.1, 0.15) is 0 Å². The van der Waals surface area contributed by atoms with Crippen LogP contribution in [0.4, 0.5) is 4.79 Å². The van der Waals surface area contributed by atoms with Gasteiger partial charge in [-0.3, -0.25) is 14.5 Å². The van der Waals surface area contributed by atoms with Gasteiger partial charge in [0.15, 0.2) is 5.79 Å². The highest BCUT2D eigenvalue weighted by atomic mass is 16.7. The normalized spacial score (nSPS) is 29.1. The predicted molar refractivity (Wildman–Crippen MR) is 131 cm³/mol. The van der Waals surface area contributed by atoms with E-state index in [1.165, 1.54) is 4.90 Å². The molecular formula is C25H43N5O5. The zero-order valence-electron chi connectivity index (χ0n) is 21.7. The van der Waals surface area contributed by atoms with E-state index in [1.54, 1.807) is 4.90 Å². The Morgan fingerprint density at radius 2 is 1.80 bits per heavy atom. The van der Waals surface area contributed by atoms with Gasteiger partial charge in [0.25, 0.3) is 0 Å². The molecule has 4 aliphatic rings. The Balaban J connectivity index is 1.36. The lowest BCUT2D eigenvalue weighted by Crippen LogP contribution is -2.57. The number of piperidine rings is 1. The summed E-state index contributed by atoms with van der Waals surface area (Å²) in [5.74, 6) is -0.687. The first-order valence-corrected chi connectivity index (χ1v) is 13.4. The number of rotatable bonds is 6. The van der Waals surface area contributed by atoms with Crippen molar-refractivity contribution in [3.05, 3.63) is 0 Å². The molecule has 10 heteroatoms. The highest BCUT2D eigenvalue weighted by molar-refractivity contribution is 5.97. The van der Waals surface area contributed by atoms with Crippen LogP contribution in [0.2, 0.25) is 0 Å². The first-order chi connectivity index (χ1) is 16.8. The summed E-state index contributed by atoms with van der Waals surface area (Å²) in [5, 5.41) is 2.73. The molecule has 1 N–H and O–H groups in total. The van der Waals surface area contributed by atoms with E-state index in [0.717, 1.165) is 51.6 Å². The zero-order valence-corrected chi connectivity index (χ0v) is 21.7. The van der Waals surface area contributed by atoms with E-state index in [2.05, 4.69) is 22.2 Å². The van der Waals surface area contributed by atoms with Crippen LogP contribution >= 0.6 is 0 Å². The van der Waals surface area contributed by atoms with Crippen LogP contribution in [0.25, 0.3) is 0 Å². The highest BCUT2D eigenvalue weighted by Crippen LogP contribution is 2.45. The number of piperazine rings is 1. The summed E-state index contributed by atoms with van der Waals surface area (Å²) < 4.78 is 11.9. The van der Waals surface area contributed by atoms with Gasteiger partial charge in [-0.15, -0.1) is 0 Å². The number of carbonyl (C=O) groups excluding carboxylic acids is 3. The summed E-state index contributed by atoms with van der Waals surface area (Å²) in [6.45, 7) is 7.22. The molecule has 35 heavy (non-hydrogen) atoms. The standard InChI is InChI=1S/C25H43N5O5/c1-4-5-8-30(24(33)26-17-22(31)29-11-9-27(2)10-12-29)23(32)20-15-19-16-25(34-13-14-35-25)7-6-21(19)28(3)18-20/h19-21H,4-18H2,1-3H3,(H,26,33)/t19-,20-,21-/m1/s1. The first-order valence-electron chi connectivity index (χ1n) is 13.4. The number of hydrogen-bond donors (Lipinski definition) is 1. The van der Waals surface area contributed by atoms with Crippen molar-refractivity contribution in [2.45, 2.75) is 57.3 Å². The number of amides is 4. The van der Waals surface area contributed by atoms with Gasteiger partial charge < -0.3 is 29.5 Å². The summed E-state index contributed by atoms with van der Waals surface area (Å²) in [5.41, 5.74) is 0. The summed E-state index contributed by atoms with van der Waals surface area (Å²) in [6, 6.07) is -0.0464. The molecule has 0 bridgehead atoms. The number of likely N-dealkylation sites (tertiary alicyclic amines) is 1. The number of imide groups is 1. The van der Waals surface area contributed by atoms with Crippen LogP contribution in [0, 0.1) is 11.8 Å². The lowest BCUT2D eigenvalue weighted by Gasteiger charge is -2.49. The van der Waals surface area contributed by atoms with E-state index < -0.39 is 11.8 Å². The number of carbonyl (C=O) groups is 3. The molecule has 10 nitrogen and oxygen atoms in total. The lowest BCUT2D eigenvalue weighted by molar-refractivity contribution is -0.202. The Kier molecular flexibility index (Phi) is 8.67. The van der Waals surface area contributed by atoms with Gasteiger partial charge in [0.05, 0.1) is 25.7 Å². The van der Waals surface area contributed by atoms with Crippen molar-refractivity contribution in [2.75, 3.05) is 73.1 Å². The maximum Gasteiger partial charge on any atom is 0.324 e. The Morgan fingerprint density at radius 3 is 2.49 bits per heavy atom. The third kappa shape index (κ3) is 6.15. The zero-order chi connectivity index (χ0) is 25.0. The minimum absolute atomic E-state index is 0.0785. The first kappa shape index (κ1) is 26.3. The van der Waals surface area contributed by atoms with Gasteiger partial charge in [-0.05, 0) is 39.3 Å². The average Bonchev–Trinajstić information content (AvgIpc) is 3.30. The van der Waals surface area contributed by atoms with Crippen molar-refractivity contribution >= 4 is 17.8 Å². The van der Waals surface area contributed by atoms with Crippen LogP contribution in [0.15, 0.2) is 0 Å². The fraction of sp³-hybridized carbons (Fsp3) is 0.880. The molecule has 3 atom stereocenters. The molecule has 198 valence electrons. The van der Waals surface area contributed by atoms with Gasteiger partial charge in [-0.1, -0.05) is 13.3 Å². The van der Waals surface area contributed by atoms with Gasteiger partial charge in [0.2, 0.25) is 11.8 Å². The summed E-state index contributed by atoms with van der Waals surface area (Å²) >= 11 is 0. The molecular weight excluding hydrogens is 450 g/mol. The molecule has 0 radical (unpaired) electrons. The molecule has 1 saturated carbocycles. The molecule has 0 unspecified atom stereocenters. The van der Waals surface area contributed by atoms with E-state index in [0.29, 0.717) is 51.4 Å². The smallest absolute Gasteiger partial charge is 0.324 e. The van der Waals surface area contributed by atoms with Crippen molar-refractivity contribution in [1.29, 1.82) is 0 Å². The van der Waals surface area contributed by atoms with E-state index in [1.807, 2.05) is 14.0 Å². The third-order valence-corrected chi connectivity index (χ3v) is 8.26. The number of urea groups is 1. The molecule has 0 aromatic heterocycles. The minimum Gasteiger partial charge on any atom is -0.348 e. The third-order valence-electron chi connectivity index (χ3n) is 8.26.